The van der Waals surface area contributed by atoms with Crippen LogP contribution in [0.25, 0.3) is 87.3 Å². The van der Waals surface area contributed by atoms with Gasteiger partial charge in [-0.3, -0.25) is 0 Å². The number of hydrogen-bond donors (Lipinski definition) is 0. The molecule has 0 N–H and O–H groups in total. The second kappa shape index (κ2) is 21.4. The van der Waals surface area contributed by atoms with Crippen LogP contribution in [0.1, 0.15) is 111 Å². The van der Waals surface area contributed by atoms with Crippen molar-refractivity contribution in [2.75, 3.05) is 9.80 Å². The van der Waals surface area contributed by atoms with E-state index in [9.17, 15) is 0 Å². The summed E-state index contributed by atoms with van der Waals surface area (Å²) in [4.78, 5) is 5.39. The van der Waals surface area contributed by atoms with Gasteiger partial charge in [-0.05, 0) is 228 Å². The maximum absolute atomic E-state index is 2.69. The Morgan fingerprint density at radius 3 is 1.19 bits per heavy atom. The lowest BCUT2D eigenvalue weighted by molar-refractivity contribution is 0.686. The van der Waals surface area contributed by atoms with Crippen LogP contribution < -0.4 is 9.80 Å². The Hall–Kier alpha value is -9.12. The highest BCUT2D eigenvalue weighted by Gasteiger charge is 2.30. The summed E-state index contributed by atoms with van der Waals surface area (Å²) in [7, 11) is 0. The molecule has 0 amide bonds. The topological polar surface area (TPSA) is 16.3 Å². The molecule has 14 aromatic rings. The van der Waals surface area contributed by atoms with Crippen molar-refractivity contribution in [1.29, 1.82) is 0 Å². The van der Waals surface area contributed by atoms with E-state index in [2.05, 4.69) is 253 Å². The largest absolute Gasteiger partial charge is 0.309 e. The Morgan fingerprint density at radius 2 is 0.733 bits per heavy atom. The smallest absolute Gasteiger partial charge is 0.0561 e. The average Bonchev–Trinajstić information content (AvgIpc) is 0.910. The van der Waals surface area contributed by atoms with Crippen molar-refractivity contribution in [3.8, 4) is 11.4 Å². The summed E-state index contributed by atoms with van der Waals surface area (Å²) >= 11 is 0. The molecule has 86 heavy (non-hydrogen) atoms. The van der Waals surface area contributed by atoms with Crippen LogP contribution in [0, 0.1) is 0 Å². The van der Waals surface area contributed by atoms with Gasteiger partial charge in [0.1, 0.15) is 0 Å². The van der Waals surface area contributed by atoms with E-state index in [1.165, 1.54) is 192 Å². The van der Waals surface area contributed by atoms with Crippen molar-refractivity contribution in [1.82, 2.24) is 9.13 Å². The van der Waals surface area contributed by atoms with Crippen LogP contribution in [0.4, 0.5) is 34.1 Å². The highest BCUT2D eigenvalue weighted by atomic mass is 15.2. The van der Waals surface area contributed by atoms with Crippen LogP contribution in [0.5, 0.6) is 0 Å². The van der Waals surface area contributed by atoms with Crippen LogP contribution in [0.3, 0.4) is 0 Å². The van der Waals surface area contributed by atoms with Crippen molar-refractivity contribution in [3.05, 3.63) is 251 Å². The summed E-state index contributed by atoms with van der Waals surface area (Å²) in [5.74, 6) is 0. The van der Waals surface area contributed by atoms with Crippen LogP contribution in [-0.2, 0) is 51.4 Å². The van der Waals surface area contributed by atoms with Crippen molar-refractivity contribution in [3.63, 3.8) is 0 Å². The lowest BCUT2D eigenvalue weighted by Crippen LogP contribution is -2.17. The third-order valence-electron chi connectivity index (χ3n) is 19.8. The molecule has 0 saturated heterocycles. The van der Waals surface area contributed by atoms with E-state index in [0.29, 0.717) is 0 Å². The number of fused-ring (bicyclic) bond motifs is 8. The van der Waals surface area contributed by atoms with Gasteiger partial charge < -0.3 is 18.9 Å². The lowest BCUT2D eigenvalue weighted by Gasteiger charge is -2.33. The number of aromatic nitrogens is 2. The van der Waals surface area contributed by atoms with Gasteiger partial charge >= 0.3 is 0 Å². The van der Waals surface area contributed by atoms with Crippen LogP contribution in [-0.4, -0.2) is 9.13 Å². The zero-order valence-electron chi connectivity index (χ0n) is 50.3. The maximum atomic E-state index is 2.69. The number of nitrogens with zero attached hydrogens (tertiary/aromatic N) is 4. The van der Waals surface area contributed by atoms with Gasteiger partial charge in [0, 0.05) is 66.4 Å². The monoisotopic (exact) mass is 1110 g/mol. The Balaban J connectivity index is 0.991. The molecule has 0 saturated carbocycles. The molecule has 2 heterocycles. The number of benzene rings is 12. The standard InChI is InChI=1S/C82H74N4/c1-5-21-57-49-77(85(73-37-19-27-55-25-9-11-31-63(55)73)61-39-41-69-67-33-13-15-35-75(67)83(79(69)51-61)59-29-17-23-53(7-3)47-59)71-46-44-66-58(22-6-2)50-78(72-45-43-65(57)81(71)82(66)72)86(74-38-20-28-56-26-10-12-32-64(56)74)62-40-42-70-68-34-14-16-36-76(68)84(80(70)52-62)60-30-18-24-54(8-4)48-60/h13-20,23-24,27-30,33-52H,5-12,21-22,25-26,31-32H2,1-4H3. The summed E-state index contributed by atoms with van der Waals surface area (Å²) in [6.45, 7) is 9.23. The minimum atomic E-state index is 0.981. The molecule has 0 atom stereocenters. The van der Waals surface area contributed by atoms with Gasteiger partial charge in [-0.15, -0.1) is 0 Å². The second-order valence-corrected chi connectivity index (χ2v) is 24.8. The van der Waals surface area contributed by atoms with E-state index >= 15 is 0 Å². The fourth-order valence-corrected chi connectivity index (χ4v) is 15.8. The normalized spacial score (nSPS) is 13.5. The molecule has 2 aromatic heterocycles. The van der Waals surface area contributed by atoms with Crippen LogP contribution in [0.15, 0.2) is 206 Å². The van der Waals surface area contributed by atoms with E-state index in [1.807, 2.05) is 0 Å². The Labute approximate surface area is 505 Å². The van der Waals surface area contributed by atoms with Gasteiger partial charge in [-0.2, -0.15) is 0 Å². The van der Waals surface area contributed by atoms with Gasteiger partial charge in [0.2, 0.25) is 0 Å². The summed E-state index contributed by atoms with van der Waals surface area (Å²) < 4.78 is 5.04. The van der Waals surface area contributed by atoms with Crippen molar-refractivity contribution in [2.24, 2.45) is 0 Å². The molecule has 422 valence electrons. The first kappa shape index (κ1) is 52.4. The molecule has 0 fully saturated rings. The van der Waals surface area contributed by atoms with Crippen molar-refractivity contribution in [2.45, 2.75) is 118 Å². The predicted octanol–water partition coefficient (Wildman–Crippen LogP) is 22.5. The Morgan fingerprint density at radius 1 is 0.326 bits per heavy atom. The first-order chi connectivity index (χ1) is 42.5. The molecule has 16 rings (SSSR count). The SMILES string of the molecule is CCCc1cc(N(c2ccc3c4ccccc4n(-c4cccc(CC)c4)c3c2)c2cccc3c2CCCC3)c2ccc3c(CCC)cc(N(c4ccc5c6ccccc6n(-c6cccc(CC)c6)c5c4)c4cccc5c4CCCC5)c4ccc1c2c34. The third kappa shape index (κ3) is 8.38. The first-order valence-corrected chi connectivity index (χ1v) is 32.3. The number of aryl methyl sites for hydroxylation is 6. The number of rotatable bonds is 14. The fourth-order valence-electron chi connectivity index (χ4n) is 15.8. The van der Waals surface area contributed by atoms with E-state index in [-0.39, 0.29) is 0 Å². The van der Waals surface area contributed by atoms with Gasteiger partial charge in [0.25, 0.3) is 0 Å². The molecule has 2 aliphatic rings. The van der Waals surface area contributed by atoms with Gasteiger partial charge in [0.15, 0.2) is 0 Å². The molecule has 0 aliphatic heterocycles. The van der Waals surface area contributed by atoms with E-state index in [4.69, 9.17) is 0 Å². The Kier molecular flexibility index (Phi) is 13.1. The minimum Gasteiger partial charge on any atom is -0.309 e. The highest BCUT2D eigenvalue weighted by Crippen LogP contribution is 2.53. The van der Waals surface area contributed by atoms with Crippen molar-refractivity contribution < 1.29 is 0 Å². The number of para-hydroxylation sites is 2. The van der Waals surface area contributed by atoms with Crippen molar-refractivity contribution >= 4 is 110 Å². The first-order valence-electron chi connectivity index (χ1n) is 32.3. The average molecular weight is 1120 g/mol. The molecule has 0 bridgehead atoms. The summed E-state index contributed by atoms with van der Waals surface area (Å²) in [5, 5.41) is 13.2. The molecule has 0 spiro atoms. The van der Waals surface area contributed by atoms with Crippen LogP contribution in [0.2, 0.25) is 0 Å². The summed E-state index contributed by atoms with van der Waals surface area (Å²) in [6.07, 6.45) is 15.3. The van der Waals surface area contributed by atoms with Crippen LogP contribution >= 0.6 is 0 Å². The summed E-state index contributed by atoms with van der Waals surface area (Å²) in [6, 6.07) is 80.6. The fraction of sp³-hybridized carbons (Fsp3) is 0.220. The molecule has 0 unspecified atom stereocenters. The quantitative estimate of drug-likeness (QED) is 0.101. The third-order valence-corrected chi connectivity index (χ3v) is 19.8. The summed E-state index contributed by atoms with van der Waals surface area (Å²) in [5.41, 5.74) is 26.3. The molecule has 4 nitrogen and oxygen atoms in total. The van der Waals surface area contributed by atoms with E-state index in [1.54, 1.807) is 0 Å². The molecule has 12 aromatic carbocycles. The zero-order chi connectivity index (χ0) is 57.6. The van der Waals surface area contributed by atoms with Gasteiger partial charge in [-0.25, -0.2) is 0 Å². The zero-order valence-corrected chi connectivity index (χ0v) is 50.3. The van der Waals surface area contributed by atoms with E-state index in [0.717, 1.165) is 64.2 Å². The Bertz CT molecular complexity index is 4660. The minimum absolute atomic E-state index is 0.981. The predicted molar refractivity (Wildman–Crippen MR) is 368 cm³/mol. The molecule has 4 heteroatoms. The lowest BCUT2D eigenvalue weighted by atomic mass is 9.85. The van der Waals surface area contributed by atoms with E-state index < -0.39 is 0 Å². The highest BCUT2D eigenvalue weighted by molar-refractivity contribution is 6.29. The molecular formula is C82H74N4. The molecule has 2 aliphatic carbocycles. The van der Waals surface area contributed by atoms with Gasteiger partial charge in [0.05, 0.1) is 33.4 Å². The molecule has 0 radical (unpaired) electrons. The van der Waals surface area contributed by atoms with Gasteiger partial charge in [-0.1, -0.05) is 162 Å². The maximum Gasteiger partial charge on any atom is 0.0561 e. The second-order valence-electron chi connectivity index (χ2n) is 24.8. The number of anilines is 6. The number of hydrogen-bond acceptors (Lipinski definition) is 2. The molecular weight excluding hydrogens is 1040 g/mol.